The van der Waals surface area contributed by atoms with Crippen LogP contribution in [0.25, 0.3) is 0 Å². The first-order chi connectivity index (χ1) is 11.9. The van der Waals surface area contributed by atoms with Crippen molar-refractivity contribution in [2.45, 2.75) is 30.7 Å². The molecular formula is C17H18N2O5S. The van der Waals surface area contributed by atoms with Gasteiger partial charge >= 0.3 is 5.69 Å². The molecule has 0 saturated heterocycles. The summed E-state index contributed by atoms with van der Waals surface area (Å²) < 4.78 is 32.7. The molecule has 0 amide bonds. The molecule has 1 aliphatic rings. The molecule has 0 fully saturated rings. The molecule has 1 aliphatic heterocycles. The second kappa shape index (κ2) is 6.36. The summed E-state index contributed by atoms with van der Waals surface area (Å²) in [6.45, 7) is 1.84. The van der Waals surface area contributed by atoms with Crippen molar-refractivity contribution in [3.05, 3.63) is 58.1 Å². The van der Waals surface area contributed by atoms with Crippen LogP contribution in [0.1, 0.15) is 18.9 Å². The summed E-state index contributed by atoms with van der Waals surface area (Å²) >= 11 is 0. The number of para-hydroxylation sites is 1. The first-order valence-electron chi connectivity index (χ1n) is 7.81. The number of sulfonamides is 1. The van der Waals surface area contributed by atoms with E-state index in [1.54, 1.807) is 12.1 Å². The van der Waals surface area contributed by atoms with E-state index < -0.39 is 14.9 Å². The van der Waals surface area contributed by atoms with E-state index in [-0.39, 0.29) is 22.4 Å². The van der Waals surface area contributed by atoms with Crippen LogP contribution in [0.2, 0.25) is 0 Å². The standard InChI is InChI=1S/C17H18N2O5S/c1-12-7-8-13-5-3-4-6-15(13)18(12)25(22,23)14-9-10-17(24-2)16(11-14)19(20)21/h3-6,9-12H,7-8H2,1-2H3/t12-/m1/s1. The normalized spacial score (nSPS) is 17.0. The molecule has 0 radical (unpaired) electrons. The average molecular weight is 362 g/mol. The quantitative estimate of drug-likeness (QED) is 0.616. The molecule has 0 spiro atoms. The molecular weight excluding hydrogens is 344 g/mol. The predicted octanol–water partition coefficient (Wildman–Crippen LogP) is 3.13. The Bertz CT molecular complexity index is 926. The van der Waals surface area contributed by atoms with Gasteiger partial charge < -0.3 is 4.74 Å². The Hall–Kier alpha value is -2.61. The van der Waals surface area contributed by atoms with Crippen molar-refractivity contribution >= 4 is 21.4 Å². The molecule has 132 valence electrons. The molecule has 0 N–H and O–H groups in total. The fraction of sp³-hybridized carbons (Fsp3) is 0.294. The maximum atomic E-state index is 13.2. The van der Waals surface area contributed by atoms with Crippen molar-refractivity contribution in [1.82, 2.24) is 0 Å². The van der Waals surface area contributed by atoms with Crippen molar-refractivity contribution in [2.24, 2.45) is 0 Å². The van der Waals surface area contributed by atoms with Crippen LogP contribution in [0, 0.1) is 10.1 Å². The smallest absolute Gasteiger partial charge is 0.312 e. The number of benzene rings is 2. The van der Waals surface area contributed by atoms with Gasteiger partial charge in [-0.1, -0.05) is 18.2 Å². The fourth-order valence-corrected chi connectivity index (χ4v) is 4.85. The minimum atomic E-state index is -3.93. The van der Waals surface area contributed by atoms with Crippen molar-refractivity contribution in [3.63, 3.8) is 0 Å². The summed E-state index contributed by atoms with van der Waals surface area (Å²) in [6.07, 6.45) is 1.49. The molecule has 0 aromatic heterocycles. The summed E-state index contributed by atoms with van der Waals surface area (Å²) in [7, 11) is -2.63. The lowest BCUT2D eigenvalue weighted by molar-refractivity contribution is -0.386. The van der Waals surface area contributed by atoms with Crippen molar-refractivity contribution < 1.29 is 18.1 Å². The number of aryl methyl sites for hydroxylation is 1. The van der Waals surface area contributed by atoms with Crippen LogP contribution < -0.4 is 9.04 Å². The molecule has 7 nitrogen and oxygen atoms in total. The molecule has 0 aliphatic carbocycles. The highest BCUT2D eigenvalue weighted by Gasteiger charge is 2.34. The number of anilines is 1. The summed E-state index contributed by atoms with van der Waals surface area (Å²) in [5.74, 6) is 0.0241. The zero-order valence-corrected chi connectivity index (χ0v) is 14.7. The van der Waals surface area contributed by atoms with E-state index in [1.165, 1.54) is 23.5 Å². The van der Waals surface area contributed by atoms with Crippen LogP contribution in [-0.4, -0.2) is 26.5 Å². The SMILES string of the molecule is COc1ccc(S(=O)(=O)N2c3ccccc3CC[C@H]2C)cc1[N+](=O)[O-]. The molecule has 0 bridgehead atoms. The minimum absolute atomic E-state index is 0.0241. The summed E-state index contributed by atoms with van der Waals surface area (Å²) in [6, 6.07) is 10.8. The molecule has 0 saturated carbocycles. The first kappa shape index (κ1) is 17.2. The monoisotopic (exact) mass is 362 g/mol. The third kappa shape index (κ3) is 2.93. The Morgan fingerprint density at radius 2 is 1.96 bits per heavy atom. The summed E-state index contributed by atoms with van der Waals surface area (Å²) in [5.41, 5.74) is 1.20. The zero-order chi connectivity index (χ0) is 18.2. The van der Waals surface area contributed by atoms with E-state index in [2.05, 4.69) is 0 Å². The van der Waals surface area contributed by atoms with Crippen LogP contribution in [0.5, 0.6) is 5.75 Å². The molecule has 1 heterocycles. The first-order valence-corrected chi connectivity index (χ1v) is 9.25. The van der Waals surface area contributed by atoms with E-state index in [9.17, 15) is 18.5 Å². The number of methoxy groups -OCH3 is 1. The third-order valence-corrected chi connectivity index (χ3v) is 6.29. The van der Waals surface area contributed by atoms with Crippen LogP contribution in [0.3, 0.4) is 0 Å². The number of ether oxygens (including phenoxy) is 1. The number of hydrogen-bond donors (Lipinski definition) is 0. The topological polar surface area (TPSA) is 89.8 Å². The second-order valence-corrected chi connectivity index (χ2v) is 7.72. The van der Waals surface area contributed by atoms with E-state index in [0.29, 0.717) is 12.1 Å². The van der Waals surface area contributed by atoms with E-state index in [4.69, 9.17) is 4.74 Å². The van der Waals surface area contributed by atoms with Crippen LogP contribution in [0.15, 0.2) is 47.4 Å². The second-order valence-electron chi connectivity index (χ2n) is 5.91. The lowest BCUT2D eigenvalue weighted by atomic mass is 9.99. The Kier molecular flexibility index (Phi) is 4.38. The summed E-state index contributed by atoms with van der Waals surface area (Å²) in [5, 5.41) is 11.2. The van der Waals surface area contributed by atoms with Gasteiger partial charge in [0.2, 0.25) is 0 Å². The van der Waals surface area contributed by atoms with Crippen molar-refractivity contribution in [1.29, 1.82) is 0 Å². The van der Waals surface area contributed by atoms with Gasteiger partial charge in [0.25, 0.3) is 10.0 Å². The van der Waals surface area contributed by atoms with E-state index in [1.807, 2.05) is 19.1 Å². The van der Waals surface area contributed by atoms with Gasteiger partial charge in [-0.05, 0) is 43.5 Å². The number of nitro groups is 1. The highest BCUT2D eigenvalue weighted by atomic mass is 32.2. The van der Waals surface area contributed by atoms with Crippen LogP contribution in [-0.2, 0) is 16.4 Å². The number of nitro benzene ring substituents is 1. The molecule has 2 aromatic carbocycles. The lowest BCUT2D eigenvalue weighted by Crippen LogP contribution is -2.42. The van der Waals surface area contributed by atoms with E-state index in [0.717, 1.165) is 18.1 Å². The Balaban J connectivity index is 2.14. The van der Waals surface area contributed by atoms with Gasteiger partial charge in [-0.25, -0.2) is 8.42 Å². The van der Waals surface area contributed by atoms with Gasteiger partial charge in [-0.3, -0.25) is 14.4 Å². The van der Waals surface area contributed by atoms with Crippen LogP contribution >= 0.6 is 0 Å². The van der Waals surface area contributed by atoms with Crippen molar-refractivity contribution in [3.8, 4) is 5.75 Å². The fourth-order valence-electron chi connectivity index (χ4n) is 3.11. The molecule has 25 heavy (non-hydrogen) atoms. The molecule has 8 heteroatoms. The van der Waals surface area contributed by atoms with Gasteiger partial charge in [0.15, 0.2) is 5.75 Å². The molecule has 2 aromatic rings. The number of rotatable bonds is 4. The highest BCUT2D eigenvalue weighted by Crippen LogP contribution is 2.37. The number of nitrogens with zero attached hydrogens (tertiary/aromatic N) is 2. The molecule has 1 atom stereocenters. The Morgan fingerprint density at radius 1 is 1.24 bits per heavy atom. The predicted molar refractivity (Wildman–Crippen MR) is 93.5 cm³/mol. The van der Waals surface area contributed by atoms with Gasteiger partial charge in [0.05, 0.1) is 22.6 Å². The van der Waals surface area contributed by atoms with Gasteiger partial charge in [-0.15, -0.1) is 0 Å². The van der Waals surface area contributed by atoms with Gasteiger partial charge in [0.1, 0.15) is 0 Å². The molecule has 0 unspecified atom stereocenters. The largest absolute Gasteiger partial charge is 0.490 e. The number of fused-ring (bicyclic) bond motifs is 1. The Labute approximate surface area is 146 Å². The Morgan fingerprint density at radius 3 is 2.64 bits per heavy atom. The zero-order valence-electron chi connectivity index (χ0n) is 13.9. The summed E-state index contributed by atoms with van der Waals surface area (Å²) in [4.78, 5) is 10.4. The van der Waals surface area contributed by atoms with Gasteiger partial charge in [-0.2, -0.15) is 0 Å². The maximum Gasteiger partial charge on any atom is 0.312 e. The van der Waals surface area contributed by atoms with Crippen molar-refractivity contribution in [2.75, 3.05) is 11.4 Å². The average Bonchev–Trinajstić information content (AvgIpc) is 2.60. The molecule has 3 rings (SSSR count). The maximum absolute atomic E-state index is 13.2. The van der Waals surface area contributed by atoms with Crippen LogP contribution in [0.4, 0.5) is 11.4 Å². The minimum Gasteiger partial charge on any atom is -0.490 e. The van der Waals surface area contributed by atoms with E-state index >= 15 is 0 Å². The third-order valence-electron chi connectivity index (χ3n) is 4.36. The van der Waals surface area contributed by atoms with Gasteiger partial charge in [0, 0.05) is 12.1 Å². The number of hydrogen-bond acceptors (Lipinski definition) is 5. The lowest BCUT2D eigenvalue weighted by Gasteiger charge is -2.35. The highest BCUT2D eigenvalue weighted by molar-refractivity contribution is 7.92.